The van der Waals surface area contributed by atoms with Gasteiger partial charge in [-0.05, 0) is 44.7 Å². The number of nitrogens with zero attached hydrogens (tertiary/aromatic N) is 2. The lowest BCUT2D eigenvalue weighted by molar-refractivity contribution is -0.134. The Hall–Kier alpha value is -0.560. The molecule has 2 aliphatic rings. The molecule has 0 bridgehead atoms. The minimum atomic E-state index is -0.548. The van der Waals surface area contributed by atoms with E-state index >= 15 is 0 Å². The van der Waals surface area contributed by atoms with Gasteiger partial charge in [-0.1, -0.05) is 20.3 Å². The number of carbonyl (C=O) groups is 2. The molecule has 1 atom stereocenters. The van der Waals surface area contributed by atoms with Gasteiger partial charge in [-0.2, -0.15) is 0 Å². The normalized spacial score (nSPS) is 20.4. The average molecular weight is 397 g/mol. The van der Waals surface area contributed by atoms with E-state index in [1.807, 2.05) is 18.7 Å². The van der Waals surface area contributed by atoms with Crippen LogP contribution in [-0.2, 0) is 9.59 Å². The summed E-state index contributed by atoms with van der Waals surface area (Å²) in [6, 6.07) is 0.0796. The Morgan fingerprint density at radius 2 is 1.60 bits per heavy atom. The van der Waals surface area contributed by atoms with Crippen molar-refractivity contribution in [3.05, 3.63) is 0 Å². The van der Waals surface area contributed by atoms with Gasteiger partial charge in [0.2, 0.25) is 11.8 Å². The summed E-state index contributed by atoms with van der Waals surface area (Å²) in [5.41, 5.74) is 5.78. The van der Waals surface area contributed by atoms with E-state index in [1.54, 1.807) is 0 Å². The Morgan fingerprint density at radius 3 is 2.12 bits per heavy atom. The molecule has 2 rings (SSSR count). The minimum Gasteiger partial charge on any atom is -0.346 e. The molecular formula is C17H34Cl2N4O2. The lowest BCUT2D eigenvalue weighted by Crippen LogP contribution is -2.51. The van der Waals surface area contributed by atoms with Crippen molar-refractivity contribution in [3.8, 4) is 0 Å². The maximum absolute atomic E-state index is 12.2. The second-order valence-corrected chi connectivity index (χ2v) is 7.20. The summed E-state index contributed by atoms with van der Waals surface area (Å²) >= 11 is 0. The van der Waals surface area contributed by atoms with Gasteiger partial charge in [-0.25, -0.2) is 0 Å². The van der Waals surface area contributed by atoms with Gasteiger partial charge in [-0.15, -0.1) is 24.8 Å². The molecule has 0 aromatic rings. The van der Waals surface area contributed by atoms with Crippen molar-refractivity contribution in [3.63, 3.8) is 0 Å². The van der Waals surface area contributed by atoms with E-state index in [0.29, 0.717) is 6.04 Å². The van der Waals surface area contributed by atoms with Crippen molar-refractivity contribution < 1.29 is 9.59 Å². The molecule has 2 saturated heterocycles. The quantitative estimate of drug-likeness (QED) is 0.735. The second kappa shape index (κ2) is 11.9. The standard InChI is InChI=1S/C17H32N4O2.2ClH/c1-13(2)16(18)17(23)19-12-15(22)21-10-6-14(7-11-21)20-8-4-3-5-9-20;;/h13-14,16H,3-12,18H2,1-2H3,(H,19,23);2*1H/t16-;;/m0../s1. The monoisotopic (exact) mass is 396 g/mol. The summed E-state index contributed by atoms with van der Waals surface area (Å²) < 4.78 is 0. The number of nitrogens with one attached hydrogen (secondary N) is 1. The van der Waals surface area contributed by atoms with Crippen LogP contribution >= 0.6 is 24.8 Å². The summed E-state index contributed by atoms with van der Waals surface area (Å²) in [7, 11) is 0. The van der Waals surface area contributed by atoms with Crippen LogP contribution < -0.4 is 11.1 Å². The molecule has 2 fully saturated rings. The number of likely N-dealkylation sites (tertiary alicyclic amines) is 2. The Bertz CT molecular complexity index is 409. The maximum Gasteiger partial charge on any atom is 0.241 e. The van der Waals surface area contributed by atoms with E-state index in [0.717, 1.165) is 25.9 Å². The van der Waals surface area contributed by atoms with E-state index in [2.05, 4.69) is 10.2 Å². The third kappa shape index (κ3) is 7.29. The number of nitrogens with two attached hydrogens (primary N) is 1. The zero-order valence-corrected chi connectivity index (χ0v) is 17.0. The molecule has 0 unspecified atom stereocenters. The van der Waals surface area contributed by atoms with Crippen molar-refractivity contribution in [1.82, 2.24) is 15.1 Å². The van der Waals surface area contributed by atoms with Gasteiger partial charge < -0.3 is 20.9 Å². The smallest absolute Gasteiger partial charge is 0.241 e. The van der Waals surface area contributed by atoms with Crippen LogP contribution in [0.1, 0.15) is 46.0 Å². The predicted octanol–water partition coefficient (Wildman–Crippen LogP) is 1.41. The van der Waals surface area contributed by atoms with Crippen molar-refractivity contribution in [1.29, 1.82) is 0 Å². The van der Waals surface area contributed by atoms with Crippen molar-refractivity contribution in [2.24, 2.45) is 11.7 Å². The Balaban J connectivity index is 0.00000288. The molecule has 0 spiro atoms. The lowest BCUT2D eigenvalue weighted by atomic mass is 10.00. The lowest BCUT2D eigenvalue weighted by Gasteiger charge is -2.40. The first-order valence-corrected chi connectivity index (χ1v) is 9.04. The molecule has 2 amide bonds. The zero-order valence-electron chi connectivity index (χ0n) is 15.4. The number of piperidine rings is 2. The van der Waals surface area contributed by atoms with E-state index in [4.69, 9.17) is 5.73 Å². The highest BCUT2D eigenvalue weighted by molar-refractivity contribution is 5.87. The molecule has 0 aromatic heterocycles. The van der Waals surface area contributed by atoms with Gasteiger partial charge in [0.15, 0.2) is 0 Å². The number of amides is 2. The molecule has 2 heterocycles. The third-order valence-corrected chi connectivity index (χ3v) is 5.16. The molecule has 8 heteroatoms. The predicted molar refractivity (Wildman–Crippen MR) is 105 cm³/mol. The fourth-order valence-electron chi connectivity index (χ4n) is 3.46. The van der Waals surface area contributed by atoms with Gasteiger partial charge in [-0.3, -0.25) is 9.59 Å². The molecule has 3 N–H and O–H groups in total. The van der Waals surface area contributed by atoms with Crippen LogP contribution in [0.4, 0.5) is 0 Å². The zero-order chi connectivity index (χ0) is 16.8. The van der Waals surface area contributed by atoms with Crippen molar-refractivity contribution in [2.45, 2.75) is 58.0 Å². The molecule has 25 heavy (non-hydrogen) atoms. The average Bonchev–Trinajstić information content (AvgIpc) is 2.59. The maximum atomic E-state index is 12.2. The summed E-state index contributed by atoms with van der Waals surface area (Å²) in [5, 5.41) is 2.67. The van der Waals surface area contributed by atoms with E-state index in [-0.39, 0.29) is 49.1 Å². The molecule has 0 radical (unpaired) electrons. The van der Waals surface area contributed by atoms with Gasteiger partial charge >= 0.3 is 0 Å². The summed E-state index contributed by atoms with van der Waals surface area (Å²) in [6.07, 6.45) is 6.06. The van der Waals surface area contributed by atoms with Crippen molar-refractivity contribution >= 4 is 36.6 Å². The molecule has 148 valence electrons. The van der Waals surface area contributed by atoms with E-state index in [9.17, 15) is 9.59 Å². The Labute approximate surface area is 164 Å². The van der Waals surface area contributed by atoms with Gasteiger partial charge in [0.05, 0.1) is 12.6 Å². The van der Waals surface area contributed by atoms with Crippen LogP contribution in [0.3, 0.4) is 0 Å². The summed E-state index contributed by atoms with van der Waals surface area (Å²) in [6.45, 7) is 7.88. The SMILES string of the molecule is CC(C)[C@H](N)C(=O)NCC(=O)N1CCC(N2CCCCC2)CC1.Cl.Cl. The fraction of sp³-hybridized carbons (Fsp3) is 0.882. The molecule has 0 aromatic carbocycles. The number of halogens is 2. The molecular weight excluding hydrogens is 363 g/mol. The Morgan fingerprint density at radius 1 is 1.04 bits per heavy atom. The second-order valence-electron chi connectivity index (χ2n) is 7.20. The van der Waals surface area contributed by atoms with Crippen LogP contribution in [0.25, 0.3) is 0 Å². The van der Waals surface area contributed by atoms with E-state index in [1.165, 1.54) is 32.4 Å². The van der Waals surface area contributed by atoms with Crippen LogP contribution in [-0.4, -0.2) is 66.4 Å². The van der Waals surface area contributed by atoms with Gasteiger partial charge in [0.1, 0.15) is 0 Å². The molecule has 0 aliphatic carbocycles. The van der Waals surface area contributed by atoms with E-state index < -0.39 is 6.04 Å². The summed E-state index contributed by atoms with van der Waals surface area (Å²) in [5.74, 6) is -0.159. The topological polar surface area (TPSA) is 78.7 Å². The largest absolute Gasteiger partial charge is 0.346 e. The van der Waals surface area contributed by atoms with Crippen LogP contribution in [0.2, 0.25) is 0 Å². The number of carbonyl (C=O) groups excluding carboxylic acids is 2. The molecule has 6 nitrogen and oxygen atoms in total. The first kappa shape index (κ1) is 24.4. The number of hydrogen-bond acceptors (Lipinski definition) is 4. The van der Waals surface area contributed by atoms with Gasteiger partial charge in [0, 0.05) is 19.1 Å². The first-order valence-electron chi connectivity index (χ1n) is 9.04. The van der Waals surface area contributed by atoms with Crippen LogP contribution in [0.15, 0.2) is 0 Å². The highest BCUT2D eigenvalue weighted by Gasteiger charge is 2.28. The van der Waals surface area contributed by atoms with Gasteiger partial charge in [0.25, 0.3) is 0 Å². The minimum absolute atomic E-state index is 0. The number of rotatable bonds is 5. The molecule has 2 aliphatic heterocycles. The fourth-order valence-corrected chi connectivity index (χ4v) is 3.46. The highest BCUT2D eigenvalue weighted by atomic mass is 35.5. The highest BCUT2D eigenvalue weighted by Crippen LogP contribution is 2.20. The summed E-state index contributed by atoms with van der Waals surface area (Å²) in [4.78, 5) is 28.5. The van der Waals surface area contributed by atoms with Crippen molar-refractivity contribution in [2.75, 3.05) is 32.7 Å². The Kier molecular flexibility index (Phi) is 11.7. The van der Waals surface area contributed by atoms with Crippen LogP contribution in [0, 0.1) is 5.92 Å². The third-order valence-electron chi connectivity index (χ3n) is 5.16. The molecule has 0 saturated carbocycles. The van der Waals surface area contributed by atoms with Crippen LogP contribution in [0.5, 0.6) is 0 Å². The number of hydrogen-bond donors (Lipinski definition) is 2. The first-order chi connectivity index (χ1) is 11.0.